The van der Waals surface area contributed by atoms with Gasteiger partial charge in [0.05, 0.1) is 16.7 Å². The summed E-state index contributed by atoms with van der Waals surface area (Å²) in [6.07, 6.45) is 1.82. The van der Waals surface area contributed by atoms with Gasteiger partial charge in [0.15, 0.2) is 17.5 Å². The fraction of sp³-hybridized carbons (Fsp3) is 0. The van der Waals surface area contributed by atoms with E-state index < -0.39 is 0 Å². The summed E-state index contributed by atoms with van der Waals surface area (Å²) in [5.74, 6) is 1.82. The van der Waals surface area contributed by atoms with Crippen LogP contribution in [0.2, 0.25) is 0 Å². The molecule has 7 heteroatoms. The standard InChI is InChI=1S/C57H33N5S2/c1-2-9-37(10-3-1)55-60-56(38-20-16-34(17-21-38)48-25-22-36-19-18-35-11-8-28-58-53(35)54(36)59-48)62-57(61-55)43-30-41(39-23-26-51-46(32-39)44-12-4-6-14-49(44)63-51)29-42(31-43)40-24-27-52-47(33-40)45-13-5-7-15-50(45)64-52/h1-33H. The molecule has 0 atom stereocenters. The number of hydrogen-bond donors (Lipinski definition) is 0. The SMILES string of the molecule is c1ccc(-c2nc(-c3ccc(-c4ccc5ccc6cccnc6c5n4)cc3)nc(-c3cc(-c4ccc5sc6ccccc6c5c4)cc(-c4ccc5sc6ccccc6c5c4)c3)n2)cc1. The van der Waals surface area contributed by atoms with Gasteiger partial charge in [-0.05, 0) is 89.0 Å². The van der Waals surface area contributed by atoms with Crippen LogP contribution in [-0.2, 0) is 0 Å². The molecule has 0 unspecified atom stereocenters. The fourth-order valence-corrected chi connectivity index (χ4v) is 11.1. The minimum atomic E-state index is 0.598. The molecule has 13 rings (SSSR count). The summed E-state index contributed by atoms with van der Waals surface area (Å²) in [4.78, 5) is 25.4. The fourth-order valence-electron chi connectivity index (χ4n) is 8.93. The third-order valence-corrected chi connectivity index (χ3v) is 14.5. The molecule has 0 aliphatic heterocycles. The van der Waals surface area contributed by atoms with E-state index in [9.17, 15) is 0 Å². The number of fused-ring (bicyclic) bond motifs is 9. The number of hydrogen-bond acceptors (Lipinski definition) is 7. The van der Waals surface area contributed by atoms with Gasteiger partial charge in [-0.2, -0.15) is 0 Å². The van der Waals surface area contributed by atoms with Gasteiger partial charge in [-0.15, -0.1) is 22.7 Å². The molecular formula is C57H33N5S2. The first-order valence-electron chi connectivity index (χ1n) is 21.2. The van der Waals surface area contributed by atoms with Gasteiger partial charge in [0.2, 0.25) is 0 Å². The minimum Gasteiger partial charge on any atom is -0.254 e. The van der Waals surface area contributed by atoms with Crippen molar-refractivity contribution in [2.75, 3.05) is 0 Å². The maximum absolute atomic E-state index is 5.27. The van der Waals surface area contributed by atoms with Crippen molar-refractivity contribution in [3.05, 3.63) is 200 Å². The molecule has 5 aromatic heterocycles. The van der Waals surface area contributed by atoms with Crippen LogP contribution in [0.5, 0.6) is 0 Å². The van der Waals surface area contributed by atoms with Crippen LogP contribution in [-0.4, -0.2) is 24.9 Å². The highest BCUT2D eigenvalue weighted by atomic mass is 32.1. The van der Waals surface area contributed by atoms with Crippen LogP contribution >= 0.6 is 22.7 Å². The Morgan fingerprint density at radius 2 is 0.766 bits per heavy atom. The predicted octanol–water partition coefficient (Wildman–Crippen LogP) is 15.7. The van der Waals surface area contributed by atoms with Crippen LogP contribution in [0.1, 0.15) is 0 Å². The number of benzene rings is 8. The molecule has 0 radical (unpaired) electrons. The first-order valence-corrected chi connectivity index (χ1v) is 22.8. The Balaban J connectivity index is 0.972. The van der Waals surface area contributed by atoms with E-state index >= 15 is 0 Å². The highest BCUT2D eigenvalue weighted by molar-refractivity contribution is 7.26. The van der Waals surface area contributed by atoms with Crippen molar-refractivity contribution in [1.29, 1.82) is 0 Å². The van der Waals surface area contributed by atoms with Crippen LogP contribution < -0.4 is 0 Å². The van der Waals surface area contributed by atoms with Gasteiger partial charge < -0.3 is 0 Å². The summed E-state index contributed by atoms with van der Waals surface area (Å²) in [6, 6.07) is 68.8. The van der Waals surface area contributed by atoms with E-state index in [1.807, 2.05) is 53.1 Å². The van der Waals surface area contributed by atoms with Gasteiger partial charge in [0.25, 0.3) is 0 Å². The van der Waals surface area contributed by atoms with Crippen LogP contribution in [0.3, 0.4) is 0 Å². The van der Waals surface area contributed by atoms with Crippen molar-refractivity contribution in [3.63, 3.8) is 0 Å². The Bertz CT molecular complexity index is 3840. The zero-order chi connectivity index (χ0) is 42.1. The lowest BCUT2D eigenvalue weighted by molar-refractivity contribution is 1.07. The zero-order valence-corrected chi connectivity index (χ0v) is 35.7. The predicted molar refractivity (Wildman–Crippen MR) is 269 cm³/mol. The largest absolute Gasteiger partial charge is 0.254 e. The van der Waals surface area contributed by atoms with Crippen LogP contribution in [0.25, 0.3) is 130 Å². The van der Waals surface area contributed by atoms with Gasteiger partial charge in [0.1, 0.15) is 0 Å². The molecule has 64 heavy (non-hydrogen) atoms. The van der Waals surface area contributed by atoms with Crippen molar-refractivity contribution >= 4 is 84.8 Å². The lowest BCUT2D eigenvalue weighted by Crippen LogP contribution is -2.00. The molecule has 0 saturated carbocycles. The molecule has 0 aliphatic rings. The normalized spacial score (nSPS) is 11.8. The average Bonchev–Trinajstić information content (AvgIpc) is 3.94. The van der Waals surface area contributed by atoms with E-state index in [0.29, 0.717) is 17.5 Å². The van der Waals surface area contributed by atoms with Crippen LogP contribution in [0.15, 0.2) is 200 Å². The third-order valence-electron chi connectivity index (χ3n) is 12.1. The molecule has 0 spiro atoms. The quantitative estimate of drug-likeness (QED) is 0.156. The average molecular weight is 852 g/mol. The molecule has 0 saturated heterocycles. The zero-order valence-electron chi connectivity index (χ0n) is 34.1. The number of thiophene rings is 2. The first-order chi connectivity index (χ1) is 31.6. The van der Waals surface area contributed by atoms with Gasteiger partial charge in [0, 0.05) is 79.6 Å². The van der Waals surface area contributed by atoms with Crippen LogP contribution in [0, 0.1) is 0 Å². The van der Waals surface area contributed by atoms with Crippen molar-refractivity contribution in [3.8, 4) is 67.7 Å². The molecule has 0 amide bonds. The molecule has 0 fully saturated rings. The summed E-state index contributed by atoms with van der Waals surface area (Å²) in [5.41, 5.74) is 10.9. The Hall–Kier alpha value is -7.97. The van der Waals surface area contributed by atoms with E-state index in [2.05, 4.69) is 175 Å². The van der Waals surface area contributed by atoms with Gasteiger partial charge >= 0.3 is 0 Å². The molecule has 8 aromatic carbocycles. The maximum atomic E-state index is 5.27. The monoisotopic (exact) mass is 851 g/mol. The number of pyridine rings is 2. The second-order valence-electron chi connectivity index (χ2n) is 16.1. The number of aromatic nitrogens is 5. The number of rotatable bonds is 6. The van der Waals surface area contributed by atoms with Crippen molar-refractivity contribution < 1.29 is 0 Å². The first kappa shape index (κ1) is 36.7. The summed E-state index contributed by atoms with van der Waals surface area (Å²) >= 11 is 3.67. The van der Waals surface area contributed by atoms with Crippen LogP contribution in [0.4, 0.5) is 0 Å². The minimum absolute atomic E-state index is 0.598. The van der Waals surface area contributed by atoms with Gasteiger partial charge in [-0.1, -0.05) is 127 Å². The molecule has 0 bridgehead atoms. The molecule has 5 heterocycles. The highest BCUT2D eigenvalue weighted by Crippen LogP contribution is 2.41. The molecule has 5 nitrogen and oxygen atoms in total. The van der Waals surface area contributed by atoms with E-state index in [4.69, 9.17) is 19.9 Å². The molecule has 0 N–H and O–H groups in total. The Morgan fingerprint density at radius 3 is 1.41 bits per heavy atom. The van der Waals surface area contributed by atoms with Crippen molar-refractivity contribution in [1.82, 2.24) is 24.9 Å². The third kappa shape index (κ3) is 6.32. The lowest BCUT2D eigenvalue weighted by atomic mass is 9.94. The van der Waals surface area contributed by atoms with E-state index in [0.717, 1.165) is 72.0 Å². The van der Waals surface area contributed by atoms with Gasteiger partial charge in [-0.3, -0.25) is 4.98 Å². The van der Waals surface area contributed by atoms with Gasteiger partial charge in [-0.25, -0.2) is 19.9 Å². The van der Waals surface area contributed by atoms with Crippen molar-refractivity contribution in [2.24, 2.45) is 0 Å². The molecule has 13 aromatic rings. The smallest absolute Gasteiger partial charge is 0.164 e. The number of nitrogens with zero attached hydrogens (tertiary/aromatic N) is 5. The summed E-state index contributed by atoms with van der Waals surface area (Å²) < 4.78 is 5.13. The summed E-state index contributed by atoms with van der Waals surface area (Å²) in [6.45, 7) is 0. The second-order valence-corrected chi connectivity index (χ2v) is 18.2. The maximum Gasteiger partial charge on any atom is 0.164 e. The lowest BCUT2D eigenvalue weighted by Gasteiger charge is -2.13. The second kappa shape index (κ2) is 14.8. The van der Waals surface area contributed by atoms with E-state index in [1.165, 1.54) is 40.3 Å². The summed E-state index contributed by atoms with van der Waals surface area (Å²) in [5, 5.41) is 7.21. The topological polar surface area (TPSA) is 64.5 Å². The summed E-state index contributed by atoms with van der Waals surface area (Å²) in [7, 11) is 0. The Morgan fingerprint density at radius 1 is 0.281 bits per heavy atom. The van der Waals surface area contributed by atoms with E-state index in [-0.39, 0.29) is 0 Å². The molecule has 0 aliphatic carbocycles. The molecule has 298 valence electrons. The molecular weight excluding hydrogens is 819 g/mol. The highest BCUT2D eigenvalue weighted by Gasteiger charge is 2.17. The Labute approximate surface area is 375 Å². The Kier molecular flexibility index (Phi) is 8.50. The van der Waals surface area contributed by atoms with Crippen molar-refractivity contribution in [2.45, 2.75) is 0 Å². The van der Waals surface area contributed by atoms with E-state index in [1.54, 1.807) is 0 Å².